The highest BCUT2D eigenvalue weighted by Crippen LogP contribution is 2.29. The Hall–Kier alpha value is -3.54. The zero-order chi connectivity index (χ0) is 19.9. The van der Waals surface area contributed by atoms with Gasteiger partial charge in [0.1, 0.15) is 6.61 Å². The van der Waals surface area contributed by atoms with Gasteiger partial charge in [0.05, 0.1) is 14.2 Å². The Morgan fingerprint density at radius 3 is 2.50 bits per heavy atom. The van der Waals surface area contributed by atoms with Crippen molar-refractivity contribution < 1.29 is 19.0 Å². The van der Waals surface area contributed by atoms with Crippen LogP contribution in [-0.2, 0) is 6.61 Å². The van der Waals surface area contributed by atoms with Gasteiger partial charge in [-0.2, -0.15) is 0 Å². The molecule has 0 spiro atoms. The Bertz CT molecular complexity index is 972. The molecular weight excluding hydrogens is 356 g/mol. The third kappa shape index (κ3) is 4.40. The van der Waals surface area contributed by atoms with Crippen molar-refractivity contribution in [1.82, 2.24) is 4.98 Å². The van der Waals surface area contributed by atoms with Gasteiger partial charge in [0.2, 0.25) is 0 Å². The van der Waals surface area contributed by atoms with Crippen LogP contribution in [0.15, 0.2) is 60.8 Å². The molecule has 0 radical (unpaired) electrons. The van der Waals surface area contributed by atoms with Crippen LogP contribution in [0.2, 0.25) is 0 Å². The van der Waals surface area contributed by atoms with Crippen molar-refractivity contribution in [1.29, 1.82) is 0 Å². The summed E-state index contributed by atoms with van der Waals surface area (Å²) in [5.74, 6) is 1.57. The molecular formula is C22H22N2O4. The molecule has 1 amide bonds. The van der Waals surface area contributed by atoms with Gasteiger partial charge in [0.15, 0.2) is 23.1 Å². The summed E-state index contributed by atoms with van der Waals surface area (Å²) in [6.45, 7) is 2.42. The largest absolute Gasteiger partial charge is 0.493 e. The number of aromatic nitrogens is 1. The number of rotatable bonds is 7. The number of pyridine rings is 1. The van der Waals surface area contributed by atoms with Crippen molar-refractivity contribution in [3.8, 4) is 17.2 Å². The molecule has 144 valence electrons. The molecule has 6 heteroatoms. The second-order valence-electron chi connectivity index (χ2n) is 6.09. The highest BCUT2D eigenvalue weighted by molar-refractivity contribution is 6.04. The third-order valence-corrected chi connectivity index (χ3v) is 4.29. The molecule has 1 heterocycles. The molecule has 0 unspecified atom stereocenters. The van der Waals surface area contributed by atoms with Gasteiger partial charge in [-0.25, -0.2) is 4.98 Å². The van der Waals surface area contributed by atoms with E-state index < -0.39 is 0 Å². The lowest BCUT2D eigenvalue weighted by Gasteiger charge is -2.13. The maximum absolute atomic E-state index is 12.7. The minimum absolute atomic E-state index is 0.319. The zero-order valence-electron chi connectivity index (χ0n) is 16.1. The maximum Gasteiger partial charge on any atom is 0.257 e. The van der Waals surface area contributed by atoms with Crippen LogP contribution < -0.4 is 19.5 Å². The van der Waals surface area contributed by atoms with E-state index in [4.69, 9.17) is 14.2 Å². The number of carbonyl (C=O) groups is 1. The Morgan fingerprint density at radius 1 is 0.964 bits per heavy atom. The minimum atomic E-state index is -0.319. The topological polar surface area (TPSA) is 69.7 Å². The molecule has 3 rings (SSSR count). The first kappa shape index (κ1) is 19.2. The number of benzene rings is 2. The second kappa shape index (κ2) is 8.90. The van der Waals surface area contributed by atoms with E-state index in [-0.39, 0.29) is 5.91 Å². The van der Waals surface area contributed by atoms with Crippen molar-refractivity contribution in [3.63, 3.8) is 0 Å². The van der Waals surface area contributed by atoms with E-state index >= 15 is 0 Å². The lowest BCUT2D eigenvalue weighted by atomic mass is 10.1. The lowest BCUT2D eigenvalue weighted by Crippen LogP contribution is -2.14. The molecule has 1 aromatic heterocycles. The summed E-state index contributed by atoms with van der Waals surface area (Å²) in [6, 6.07) is 16.5. The van der Waals surface area contributed by atoms with Crippen molar-refractivity contribution in [2.75, 3.05) is 19.5 Å². The Morgan fingerprint density at radius 2 is 1.75 bits per heavy atom. The normalized spacial score (nSPS) is 10.2. The van der Waals surface area contributed by atoms with E-state index in [0.717, 1.165) is 11.1 Å². The summed E-state index contributed by atoms with van der Waals surface area (Å²) in [7, 11) is 3.07. The third-order valence-electron chi connectivity index (χ3n) is 4.29. The molecule has 0 saturated carbocycles. The van der Waals surface area contributed by atoms with Gasteiger partial charge in [-0.3, -0.25) is 4.79 Å². The standard InChI is InChI=1S/C22H22N2O4/c1-15-7-4-5-8-17(15)14-28-19-9-6-12-23-21(19)24-22(25)16-10-11-18(26-2)20(13-16)27-3/h4-13H,14H2,1-3H3,(H,23,24,25). The highest BCUT2D eigenvalue weighted by atomic mass is 16.5. The molecule has 6 nitrogen and oxygen atoms in total. The summed E-state index contributed by atoms with van der Waals surface area (Å²) < 4.78 is 16.4. The van der Waals surface area contributed by atoms with Gasteiger partial charge in [-0.15, -0.1) is 0 Å². The fourth-order valence-electron chi connectivity index (χ4n) is 2.69. The van der Waals surface area contributed by atoms with Crippen molar-refractivity contribution in [2.45, 2.75) is 13.5 Å². The quantitative estimate of drug-likeness (QED) is 0.666. The molecule has 0 bridgehead atoms. The molecule has 0 aliphatic rings. The van der Waals surface area contributed by atoms with E-state index in [0.29, 0.717) is 35.2 Å². The zero-order valence-corrected chi connectivity index (χ0v) is 16.1. The van der Waals surface area contributed by atoms with Gasteiger partial charge in [-0.1, -0.05) is 24.3 Å². The summed E-state index contributed by atoms with van der Waals surface area (Å²) in [5.41, 5.74) is 2.64. The first-order valence-electron chi connectivity index (χ1n) is 8.78. The second-order valence-corrected chi connectivity index (χ2v) is 6.09. The van der Waals surface area contributed by atoms with Gasteiger partial charge in [0.25, 0.3) is 5.91 Å². The number of nitrogens with zero attached hydrogens (tertiary/aromatic N) is 1. The fraction of sp³-hybridized carbons (Fsp3) is 0.182. The van der Waals surface area contributed by atoms with E-state index in [9.17, 15) is 4.79 Å². The Kier molecular flexibility index (Phi) is 6.11. The molecule has 0 saturated heterocycles. The molecule has 1 N–H and O–H groups in total. The number of aryl methyl sites for hydroxylation is 1. The average molecular weight is 378 g/mol. The van der Waals surface area contributed by atoms with Gasteiger partial charge in [0, 0.05) is 11.8 Å². The number of carbonyl (C=O) groups excluding carboxylic acids is 1. The van der Waals surface area contributed by atoms with Crippen molar-refractivity contribution in [3.05, 3.63) is 77.5 Å². The number of amides is 1. The molecule has 0 aliphatic carbocycles. The van der Waals surface area contributed by atoms with Gasteiger partial charge >= 0.3 is 0 Å². The molecule has 3 aromatic rings. The van der Waals surface area contributed by atoms with Crippen LogP contribution in [0.5, 0.6) is 17.2 Å². The molecule has 0 fully saturated rings. The van der Waals surface area contributed by atoms with E-state index in [1.807, 2.05) is 31.2 Å². The smallest absolute Gasteiger partial charge is 0.257 e. The van der Waals surface area contributed by atoms with Crippen molar-refractivity contribution in [2.24, 2.45) is 0 Å². The fourth-order valence-corrected chi connectivity index (χ4v) is 2.69. The number of nitrogens with one attached hydrogen (secondary N) is 1. The van der Waals surface area contributed by atoms with Crippen LogP contribution in [-0.4, -0.2) is 25.1 Å². The molecule has 0 aliphatic heterocycles. The average Bonchev–Trinajstić information content (AvgIpc) is 2.73. The lowest BCUT2D eigenvalue weighted by molar-refractivity contribution is 0.102. The predicted molar refractivity (Wildman–Crippen MR) is 107 cm³/mol. The van der Waals surface area contributed by atoms with Crippen LogP contribution in [0.1, 0.15) is 21.5 Å². The van der Waals surface area contributed by atoms with Crippen LogP contribution in [0.25, 0.3) is 0 Å². The van der Waals surface area contributed by atoms with Gasteiger partial charge < -0.3 is 19.5 Å². The number of methoxy groups -OCH3 is 2. The van der Waals surface area contributed by atoms with Crippen LogP contribution in [0.3, 0.4) is 0 Å². The predicted octanol–water partition coefficient (Wildman–Crippen LogP) is 4.24. The van der Waals surface area contributed by atoms with Crippen molar-refractivity contribution >= 4 is 11.7 Å². The summed E-state index contributed by atoms with van der Waals surface area (Å²) in [4.78, 5) is 16.9. The first-order valence-corrected chi connectivity index (χ1v) is 8.78. The van der Waals surface area contributed by atoms with Gasteiger partial charge in [-0.05, 0) is 48.4 Å². The number of hydrogen-bond donors (Lipinski definition) is 1. The molecule has 2 aromatic carbocycles. The monoisotopic (exact) mass is 378 g/mol. The molecule has 0 atom stereocenters. The summed E-state index contributed by atoms with van der Waals surface area (Å²) in [6.07, 6.45) is 1.60. The number of ether oxygens (including phenoxy) is 3. The Balaban J connectivity index is 1.76. The van der Waals surface area contributed by atoms with E-state index in [2.05, 4.69) is 10.3 Å². The molecule has 28 heavy (non-hydrogen) atoms. The van der Waals surface area contributed by atoms with Crippen LogP contribution >= 0.6 is 0 Å². The number of anilines is 1. The summed E-state index contributed by atoms with van der Waals surface area (Å²) in [5, 5.41) is 2.80. The van der Waals surface area contributed by atoms with E-state index in [1.54, 1.807) is 43.6 Å². The maximum atomic E-state index is 12.7. The van der Waals surface area contributed by atoms with E-state index in [1.165, 1.54) is 7.11 Å². The van der Waals surface area contributed by atoms with Crippen LogP contribution in [0.4, 0.5) is 5.82 Å². The minimum Gasteiger partial charge on any atom is -0.493 e. The number of hydrogen-bond acceptors (Lipinski definition) is 5. The highest BCUT2D eigenvalue weighted by Gasteiger charge is 2.14. The Labute approximate surface area is 164 Å². The SMILES string of the molecule is COc1ccc(C(=O)Nc2ncccc2OCc2ccccc2C)cc1OC. The summed E-state index contributed by atoms with van der Waals surface area (Å²) >= 11 is 0. The first-order chi connectivity index (χ1) is 13.6. The van der Waals surface area contributed by atoms with Crippen LogP contribution in [0, 0.1) is 6.92 Å².